The van der Waals surface area contributed by atoms with Crippen LogP contribution in [0.5, 0.6) is 11.5 Å². The lowest BCUT2D eigenvalue weighted by Gasteiger charge is -2.11. The Morgan fingerprint density at radius 3 is 2.24 bits per heavy atom. The maximum Gasteiger partial charge on any atom is 0.161 e. The maximum absolute atomic E-state index is 9.00. The minimum atomic E-state index is 0.0856. The van der Waals surface area contributed by atoms with Gasteiger partial charge < -0.3 is 14.6 Å². The molecule has 0 aliphatic heterocycles. The van der Waals surface area contributed by atoms with Gasteiger partial charge in [-0.2, -0.15) is 0 Å². The number of para-hydroxylation sites is 2. The van der Waals surface area contributed by atoms with Gasteiger partial charge in [0.25, 0.3) is 0 Å². The lowest BCUT2D eigenvalue weighted by molar-refractivity contribution is 0.282. The van der Waals surface area contributed by atoms with Crippen LogP contribution >= 0.6 is 11.8 Å². The first-order valence-corrected chi connectivity index (χ1v) is 7.99. The van der Waals surface area contributed by atoms with Crippen molar-refractivity contribution in [2.24, 2.45) is 0 Å². The quantitative estimate of drug-likeness (QED) is 0.595. The average Bonchev–Trinajstić information content (AvgIpc) is 2.54. The third-order valence-corrected chi connectivity index (χ3v) is 3.84. The van der Waals surface area contributed by atoms with Crippen molar-refractivity contribution >= 4 is 11.8 Å². The van der Waals surface area contributed by atoms with Crippen molar-refractivity contribution in [3.8, 4) is 11.5 Å². The summed E-state index contributed by atoms with van der Waals surface area (Å²) in [5.41, 5.74) is 0.932. The van der Waals surface area contributed by atoms with Crippen molar-refractivity contribution in [2.45, 2.75) is 18.4 Å². The van der Waals surface area contributed by atoms with Gasteiger partial charge in [0, 0.05) is 10.6 Å². The summed E-state index contributed by atoms with van der Waals surface area (Å²) in [6, 6.07) is 15.6. The third-order valence-electron chi connectivity index (χ3n) is 2.86. The van der Waals surface area contributed by atoms with Crippen molar-refractivity contribution in [3.63, 3.8) is 0 Å². The molecule has 2 rings (SSSR count). The van der Waals surface area contributed by atoms with Crippen molar-refractivity contribution in [1.82, 2.24) is 0 Å². The van der Waals surface area contributed by atoms with Crippen LogP contribution in [0.15, 0.2) is 53.4 Å². The molecule has 0 heterocycles. The molecule has 0 atom stereocenters. The number of hydrogen-bond donors (Lipinski definition) is 1. The second-order valence-electron chi connectivity index (χ2n) is 4.38. The molecule has 0 saturated heterocycles. The van der Waals surface area contributed by atoms with E-state index in [1.807, 2.05) is 55.5 Å². The standard InChI is InChI=1S/C17H20O3S/c1-2-19-16-5-3-4-6-17(16)20-11-12-21-15-9-7-14(13-18)8-10-15/h3-10,18H,2,11-13H2,1H3. The molecule has 21 heavy (non-hydrogen) atoms. The van der Waals surface area contributed by atoms with Crippen LogP contribution in [0.3, 0.4) is 0 Å². The largest absolute Gasteiger partial charge is 0.490 e. The number of aliphatic hydroxyl groups is 1. The molecule has 0 bridgehead atoms. The van der Waals surface area contributed by atoms with Gasteiger partial charge in [-0.15, -0.1) is 11.8 Å². The van der Waals surface area contributed by atoms with Crippen LogP contribution < -0.4 is 9.47 Å². The highest BCUT2D eigenvalue weighted by Crippen LogP contribution is 2.27. The van der Waals surface area contributed by atoms with E-state index >= 15 is 0 Å². The Balaban J connectivity index is 1.79. The molecule has 4 heteroatoms. The first-order chi connectivity index (χ1) is 10.3. The number of hydrogen-bond acceptors (Lipinski definition) is 4. The van der Waals surface area contributed by atoms with E-state index in [-0.39, 0.29) is 6.61 Å². The van der Waals surface area contributed by atoms with Gasteiger partial charge in [0.1, 0.15) is 0 Å². The molecule has 0 aromatic heterocycles. The van der Waals surface area contributed by atoms with Crippen LogP contribution in [0.4, 0.5) is 0 Å². The Hall–Kier alpha value is -1.65. The minimum Gasteiger partial charge on any atom is -0.490 e. The molecule has 112 valence electrons. The molecule has 0 saturated carbocycles. The number of thioether (sulfide) groups is 1. The van der Waals surface area contributed by atoms with Gasteiger partial charge in [0.15, 0.2) is 11.5 Å². The molecule has 0 amide bonds. The van der Waals surface area contributed by atoms with E-state index in [2.05, 4.69) is 0 Å². The lowest BCUT2D eigenvalue weighted by Crippen LogP contribution is -2.02. The molecule has 2 aromatic rings. The zero-order chi connectivity index (χ0) is 14.9. The zero-order valence-corrected chi connectivity index (χ0v) is 12.9. The van der Waals surface area contributed by atoms with Crippen LogP contribution in [0.2, 0.25) is 0 Å². The fourth-order valence-corrected chi connectivity index (χ4v) is 2.58. The summed E-state index contributed by atoms with van der Waals surface area (Å²) in [6.45, 7) is 3.30. The van der Waals surface area contributed by atoms with Crippen molar-refractivity contribution in [2.75, 3.05) is 19.0 Å². The second kappa shape index (κ2) is 8.60. The molecule has 0 spiro atoms. The molecule has 0 radical (unpaired) electrons. The van der Waals surface area contributed by atoms with Gasteiger partial charge in [0.2, 0.25) is 0 Å². The zero-order valence-electron chi connectivity index (χ0n) is 12.1. The van der Waals surface area contributed by atoms with E-state index in [0.717, 1.165) is 22.8 Å². The second-order valence-corrected chi connectivity index (χ2v) is 5.55. The van der Waals surface area contributed by atoms with Gasteiger partial charge in [-0.05, 0) is 36.8 Å². The van der Waals surface area contributed by atoms with Crippen molar-refractivity contribution in [3.05, 3.63) is 54.1 Å². The van der Waals surface area contributed by atoms with Crippen LogP contribution in [-0.4, -0.2) is 24.1 Å². The Morgan fingerprint density at radius 2 is 1.62 bits per heavy atom. The van der Waals surface area contributed by atoms with Gasteiger partial charge in [-0.3, -0.25) is 0 Å². The first kappa shape index (κ1) is 15.7. The number of ether oxygens (including phenoxy) is 2. The van der Waals surface area contributed by atoms with E-state index in [1.165, 1.54) is 4.90 Å². The highest BCUT2D eigenvalue weighted by molar-refractivity contribution is 7.99. The molecular weight excluding hydrogens is 284 g/mol. The van der Waals surface area contributed by atoms with E-state index in [0.29, 0.717) is 13.2 Å². The number of aliphatic hydroxyl groups excluding tert-OH is 1. The Morgan fingerprint density at radius 1 is 0.952 bits per heavy atom. The topological polar surface area (TPSA) is 38.7 Å². The molecule has 3 nitrogen and oxygen atoms in total. The summed E-state index contributed by atoms with van der Waals surface area (Å²) in [6.07, 6.45) is 0. The highest BCUT2D eigenvalue weighted by atomic mass is 32.2. The molecule has 0 aliphatic rings. The summed E-state index contributed by atoms with van der Waals surface area (Å²) in [7, 11) is 0. The Labute approximate surface area is 129 Å². The maximum atomic E-state index is 9.00. The fourth-order valence-electron chi connectivity index (χ4n) is 1.85. The highest BCUT2D eigenvalue weighted by Gasteiger charge is 2.03. The van der Waals surface area contributed by atoms with E-state index in [4.69, 9.17) is 14.6 Å². The van der Waals surface area contributed by atoms with Gasteiger partial charge in [-0.25, -0.2) is 0 Å². The van der Waals surface area contributed by atoms with Crippen molar-refractivity contribution < 1.29 is 14.6 Å². The van der Waals surface area contributed by atoms with Crippen LogP contribution in [0.25, 0.3) is 0 Å². The number of rotatable bonds is 8. The lowest BCUT2D eigenvalue weighted by atomic mass is 10.2. The van der Waals surface area contributed by atoms with E-state index in [9.17, 15) is 0 Å². The molecule has 2 aromatic carbocycles. The predicted octanol–water partition coefficient (Wildman–Crippen LogP) is 3.75. The monoisotopic (exact) mass is 304 g/mol. The third kappa shape index (κ3) is 4.99. The summed E-state index contributed by atoms with van der Waals surface area (Å²) in [4.78, 5) is 1.17. The first-order valence-electron chi connectivity index (χ1n) is 7.00. The Kier molecular flexibility index (Phi) is 6.44. The summed E-state index contributed by atoms with van der Waals surface area (Å²) >= 11 is 1.73. The predicted molar refractivity (Wildman–Crippen MR) is 86.2 cm³/mol. The normalized spacial score (nSPS) is 10.4. The molecule has 1 N–H and O–H groups in total. The van der Waals surface area contributed by atoms with Gasteiger partial charge in [0.05, 0.1) is 19.8 Å². The van der Waals surface area contributed by atoms with Crippen LogP contribution in [0, 0.1) is 0 Å². The molecule has 0 unspecified atom stereocenters. The van der Waals surface area contributed by atoms with Crippen LogP contribution in [0.1, 0.15) is 12.5 Å². The summed E-state index contributed by atoms with van der Waals surface area (Å²) < 4.78 is 11.3. The average molecular weight is 304 g/mol. The molecule has 0 fully saturated rings. The summed E-state index contributed by atoms with van der Waals surface area (Å²) in [5.74, 6) is 2.44. The fraction of sp³-hybridized carbons (Fsp3) is 0.294. The number of benzene rings is 2. The van der Waals surface area contributed by atoms with Crippen LogP contribution in [-0.2, 0) is 6.61 Å². The smallest absolute Gasteiger partial charge is 0.161 e. The van der Waals surface area contributed by atoms with E-state index in [1.54, 1.807) is 11.8 Å². The summed E-state index contributed by atoms with van der Waals surface area (Å²) in [5, 5.41) is 9.00. The minimum absolute atomic E-state index is 0.0856. The molecular formula is C17H20O3S. The van der Waals surface area contributed by atoms with E-state index < -0.39 is 0 Å². The van der Waals surface area contributed by atoms with Gasteiger partial charge >= 0.3 is 0 Å². The SMILES string of the molecule is CCOc1ccccc1OCCSc1ccc(CO)cc1. The van der Waals surface area contributed by atoms with Crippen molar-refractivity contribution in [1.29, 1.82) is 0 Å². The Bertz CT molecular complexity index is 540. The van der Waals surface area contributed by atoms with Gasteiger partial charge in [-0.1, -0.05) is 24.3 Å². The molecule has 0 aliphatic carbocycles.